The monoisotopic (exact) mass is 453 g/mol. The van der Waals surface area contributed by atoms with Gasteiger partial charge in [-0.05, 0) is 64.5 Å². The van der Waals surface area contributed by atoms with Gasteiger partial charge in [-0.15, -0.1) is 0 Å². The van der Waals surface area contributed by atoms with E-state index in [1.165, 1.54) is 38.5 Å². The molecule has 1 N–H and O–H groups in total. The number of hydrazone groups is 1. The van der Waals surface area contributed by atoms with Crippen molar-refractivity contribution in [1.29, 1.82) is 0 Å². The first kappa shape index (κ1) is 23.1. The van der Waals surface area contributed by atoms with Crippen LogP contribution < -0.4 is 24.7 Å². The molecule has 2 saturated heterocycles. The number of anilines is 3. The zero-order valence-electron chi connectivity index (χ0n) is 19.8. The third kappa shape index (κ3) is 6.24. The van der Waals surface area contributed by atoms with Crippen molar-refractivity contribution >= 4 is 24.1 Å². The topological polar surface area (TPSA) is 88.0 Å². The van der Waals surface area contributed by atoms with Crippen LogP contribution in [0.2, 0.25) is 0 Å². The second-order valence-electron chi connectivity index (χ2n) is 8.29. The third-order valence-corrected chi connectivity index (χ3v) is 5.85. The molecule has 4 rings (SSSR count). The molecule has 0 aliphatic carbocycles. The summed E-state index contributed by atoms with van der Waals surface area (Å²) >= 11 is 0. The van der Waals surface area contributed by atoms with E-state index in [0.717, 1.165) is 55.1 Å². The van der Waals surface area contributed by atoms with Gasteiger partial charge in [-0.3, -0.25) is 0 Å². The van der Waals surface area contributed by atoms with Gasteiger partial charge in [0.15, 0.2) is 0 Å². The minimum atomic E-state index is 0.464. The fraction of sp³-hybridized carbons (Fsp3) is 0.583. The average molecular weight is 454 g/mol. The normalized spacial score (nSPS) is 16.8. The minimum absolute atomic E-state index is 0.464. The van der Waals surface area contributed by atoms with Crippen LogP contribution in [0.3, 0.4) is 0 Å². The Morgan fingerprint density at radius 2 is 1.45 bits per heavy atom. The van der Waals surface area contributed by atoms with Crippen LogP contribution in [0.15, 0.2) is 23.3 Å². The minimum Gasteiger partial charge on any atom is -0.494 e. The molecule has 0 spiro atoms. The van der Waals surface area contributed by atoms with Crippen LogP contribution in [0, 0.1) is 0 Å². The third-order valence-electron chi connectivity index (χ3n) is 5.85. The van der Waals surface area contributed by atoms with E-state index in [1.54, 1.807) is 6.21 Å². The van der Waals surface area contributed by atoms with E-state index < -0.39 is 0 Å². The summed E-state index contributed by atoms with van der Waals surface area (Å²) in [6.45, 7) is 9.03. The van der Waals surface area contributed by atoms with Crippen LogP contribution in [0.1, 0.15) is 57.9 Å². The van der Waals surface area contributed by atoms with Gasteiger partial charge >= 0.3 is 0 Å². The van der Waals surface area contributed by atoms with Gasteiger partial charge in [-0.25, -0.2) is 5.43 Å². The summed E-state index contributed by atoms with van der Waals surface area (Å²) in [6.07, 6.45) is 8.94. The predicted molar refractivity (Wildman–Crippen MR) is 132 cm³/mol. The van der Waals surface area contributed by atoms with E-state index in [0.29, 0.717) is 19.2 Å². The van der Waals surface area contributed by atoms with Gasteiger partial charge in [0.25, 0.3) is 0 Å². The zero-order valence-corrected chi connectivity index (χ0v) is 19.8. The quantitative estimate of drug-likeness (QED) is 0.449. The Morgan fingerprint density at radius 3 is 2.03 bits per heavy atom. The highest BCUT2D eigenvalue weighted by molar-refractivity contribution is 5.84. The highest BCUT2D eigenvalue weighted by Gasteiger charge is 2.20. The molecule has 178 valence electrons. The number of hydrogen-bond donors (Lipinski definition) is 1. The Morgan fingerprint density at radius 1 is 0.848 bits per heavy atom. The van der Waals surface area contributed by atoms with Crippen molar-refractivity contribution in [1.82, 2.24) is 15.0 Å². The number of benzene rings is 1. The zero-order chi connectivity index (χ0) is 22.9. The largest absolute Gasteiger partial charge is 0.494 e. The summed E-state index contributed by atoms with van der Waals surface area (Å²) in [4.78, 5) is 18.7. The molecule has 0 radical (unpaired) electrons. The maximum atomic E-state index is 5.77. The molecule has 3 heterocycles. The molecule has 33 heavy (non-hydrogen) atoms. The van der Waals surface area contributed by atoms with Gasteiger partial charge in [0, 0.05) is 37.8 Å². The lowest BCUT2D eigenvalue weighted by Crippen LogP contribution is -2.34. The van der Waals surface area contributed by atoms with E-state index in [9.17, 15) is 0 Å². The van der Waals surface area contributed by atoms with Crippen LogP contribution in [0.4, 0.5) is 17.8 Å². The highest BCUT2D eigenvalue weighted by Crippen LogP contribution is 2.25. The summed E-state index contributed by atoms with van der Waals surface area (Å²) in [5, 5.41) is 4.42. The van der Waals surface area contributed by atoms with Gasteiger partial charge < -0.3 is 19.3 Å². The number of ether oxygens (including phenoxy) is 2. The van der Waals surface area contributed by atoms with Gasteiger partial charge in [0.2, 0.25) is 17.8 Å². The molecule has 0 amide bonds. The van der Waals surface area contributed by atoms with Crippen molar-refractivity contribution in [2.24, 2.45) is 5.10 Å². The molecule has 0 unspecified atom stereocenters. The van der Waals surface area contributed by atoms with E-state index in [4.69, 9.17) is 14.5 Å². The SMILES string of the molecule is CCOc1ccc(/C=N/Nc2nc(N3CCCCC3)nc(N3CCCCC3)n2)c(OCC)c1. The van der Waals surface area contributed by atoms with Crippen molar-refractivity contribution in [2.75, 3.05) is 54.6 Å². The molecule has 9 heteroatoms. The lowest BCUT2D eigenvalue weighted by atomic mass is 10.1. The second kappa shape index (κ2) is 11.7. The number of hydrogen-bond acceptors (Lipinski definition) is 9. The van der Waals surface area contributed by atoms with Crippen molar-refractivity contribution in [3.05, 3.63) is 23.8 Å². The van der Waals surface area contributed by atoms with Crippen LogP contribution >= 0.6 is 0 Å². The first-order chi connectivity index (χ1) is 16.3. The second-order valence-corrected chi connectivity index (χ2v) is 8.29. The number of rotatable bonds is 9. The smallest absolute Gasteiger partial charge is 0.250 e. The molecular formula is C24H35N7O2. The molecule has 2 aliphatic rings. The molecule has 0 saturated carbocycles. The van der Waals surface area contributed by atoms with Gasteiger partial charge in [-0.2, -0.15) is 20.1 Å². The molecule has 2 fully saturated rings. The highest BCUT2D eigenvalue weighted by atomic mass is 16.5. The fourth-order valence-electron chi connectivity index (χ4n) is 4.19. The Labute approximate surface area is 196 Å². The maximum Gasteiger partial charge on any atom is 0.250 e. The number of piperidine rings is 2. The Hall–Kier alpha value is -3.10. The number of nitrogens with one attached hydrogen (secondary N) is 1. The average Bonchev–Trinajstić information content (AvgIpc) is 2.86. The molecule has 2 aliphatic heterocycles. The molecular weight excluding hydrogens is 418 g/mol. The van der Waals surface area contributed by atoms with E-state index in [1.807, 2.05) is 32.0 Å². The predicted octanol–water partition coefficient (Wildman–Crippen LogP) is 4.10. The van der Waals surface area contributed by atoms with E-state index in [2.05, 4.69) is 30.3 Å². The first-order valence-corrected chi connectivity index (χ1v) is 12.2. The Balaban J connectivity index is 1.54. The fourth-order valence-corrected chi connectivity index (χ4v) is 4.19. The van der Waals surface area contributed by atoms with Gasteiger partial charge in [0.1, 0.15) is 11.5 Å². The van der Waals surface area contributed by atoms with Crippen molar-refractivity contribution in [3.8, 4) is 11.5 Å². The summed E-state index contributed by atoms with van der Waals surface area (Å²) in [5.41, 5.74) is 3.88. The molecule has 0 atom stereocenters. The first-order valence-electron chi connectivity index (χ1n) is 12.2. The van der Waals surface area contributed by atoms with Crippen molar-refractivity contribution in [2.45, 2.75) is 52.4 Å². The molecule has 9 nitrogen and oxygen atoms in total. The molecule has 2 aromatic rings. The van der Waals surface area contributed by atoms with Crippen LogP contribution in [-0.4, -0.2) is 60.6 Å². The van der Waals surface area contributed by atoms with Gasteiger partial charge in [0.05, 0.1) is 19.4 Å². The molecule has 0 bridgehead atoms. The van der Waals surface area contributed by atoms with Crippen LogP contribution in [0.5, 0.6) is 11.5 Å². The maximum absolute atomic E-state index is 5.77. The number of aromatic nitrogens is 3. The summed E-state index contributed by atoms with van der Waals surface area (Å²) < 4.78 is 11.4. The van der Waals surface area contributed by atoms with E-state index >= 15 is 0 Å². The van der Waals surface area contributed by atoms with Gasteiger partial charge in [-0.1, -0.05) is 0 Å². The van der Waals surface area contributed by atoms with E-state index in [-0.39, 0.29) is 0 Å². The summed E-state index contributed by atoms with van der Waals surface area (Å²) in [5.74, 6) is 3.44. The lowest BCUT2D eigenvalue weighted by Gasteiger charge is -2.30. The van der Waals surface area contributed by atoms with Crippen molar-refractivity contribution in [3.63, 3.8) is 0 Å². The van der Waals surface area contributed by atoms with Crippen molar-refractivity contribution < 1.29 is 9.47 Å². The van der Waals surface area contributed by atoms with Crippen LogP contribution in [-0.2, 0) is 0 Å². The van der Waals surface area contributed by atoms with Crippen LogP contribution in [0.25, 0.3) is 0 Å². The Kier molecular flexibility index (Phi) is 8.16. The Bertz CT molecular complexity index is 889. The molecule has 1 aromatic heterocycles. The molecule has 1 aromatic carbocycles. The standard InChI is InChI=1S/C24H35N7O2/c1-3-32-20-12-11-19(21(17-20)33-4-2)18-25-29-22-26-23(30-13-7-5-8-14-30)28-24(27-22)31-15-9-6-10-16-31/h11-12,17-18H,3-10,13-16H2,1-2H3,(H,26,27,28,29)/b25-18+. The summed E-state index contributed by atoms with van der Waals surface area (Å²) in [6, 6.07) is 5.74. The summed E-state index contributed by atoms with van der Waals surface area (Å²) in [7, 11) is 0. The lowest BCUT2D eigenvalue weighted by molar-refractivity contribution is 0.323. The number of nitrogens with zero attached hydrogens (tertiary/aromatic N) is 6.